The summed E-state index contributed by atoms with van der Waals surface area (Å²) in [6.45, 7) is 6.77. The summed E-state index contributed by atoms with van der Waals surface area (Å²) >= 11 is 0. The van der Waals surface area contributed by atoms with Gasteiger partial charge in [-0.05, 0) is 44.9 Å². The molecule has 0 saturated carbocycles. The van der Waals surface area contributed by atoms with Gasteiger partial charge in [0.1, 0.15) is 0 Å². The van der Waals surface area contributed by atoms with Gasteiger partial charge in [-0.25, -0.2) is 4.68 Å². The molecule has 2 aromatic rings. The summed E-state index contributed by atoms with van der Waals surface area (Å²) in [5, 5.41) is 10.8. The second kappa shape index (κ2) is 9.10. The summed E-state index contributed by atoms with van der Waals surface area (Å²) in [5.41, 5.74) is 3.99. The minimum Gasteiger partial charge on any atom is -0.481 e. The molecule has 1 atom stereocenters. The van der Waals surface area contributed by atoms with E-state index in [1.54, 1.807) is 11.8 Å². The number of amides is 1. The smallest absolute Gasteiger partial charge is 0.225 e. The second-order valence-electron chi connectivity index (χ2n) is 7.48. The molecule has 1 amide bonds. The molecular formula is C21H31N5O2. The molecule has 0 aliphatic carbocycles. The van der Waals surface area contributed by atoms with E-state index in [1.807, 2.05) is 33.0 Å². The van der Waals surface area contributed by atoms with Crippen LogP contribution in [0.1, 0.15) is 37.4 Å². The van der Waals surface area contributed by atoms with E-state index in [4.69, 9.17) is 4.74 Å². The van der Waals surface area contributed by atoms with Crippen molar-refractivity contribution in [3.63, 3.8) is 0 Å². The van der Waals surface area contributed by atoms with Crippen molar-refractivity contribution in [2.24, 2.45) is 7.05 Å². The Morgan fingerprint density at radius 1 is 1.32 bits per heavy atom. The molecule has 1 aromatic carbocycles. The number of ether oxygens (including phenoxy) is 1. The molecular weight excluding hydrogens is 354 g/mol. The molecule has 1 fully saturated rings. The number of nitrogens with zero attached hydrogens (tertiary/aromatic N) is 3. The molecule has 1 aliphatic heterocycles. The molecule has 0 radical (unpaired) electrons. The van der Waals surface area contributed by atoms with E-state index in [1.165, 1.54) is 18.5 Å². The van der Waals surface area contributed by atoms with Gasteiger partial charge in [0.25, 0.3) is 0 Å². The molecule has 3 rings (SSSR count). The normalized spacial score (nSPS) is 14.9. The predicted octanol–water partition coefficient (Wildman–Crippen LogP) is 2.84. The van der Waals surface area contributed by atoms with Gasteiger partial charge >= 0.3 is 0 Å². The first-order valence-corrected chi connectivity index (χ1v) is 9.92. The number of anilines is 2. The van der Waals surface area contributed by atoms with Crippen molar-refractivity contribution < 1.29 is 9.53 Å². The van der Waals surface area contributed by atoms with E-state index in [0.717, 1.165) is 35.9 Å². The fourth-order valence-corrected chi connectivity index (χ4v) is 3.73. The summed E-state index contributed by atoms with van der Waals surface area (Å²) in [5.74, 6) is 0.758. The molecule has 152 valence electrons. The van der Waals surface area contributed by atoms with Gasteiger partial charge in [-0.2, -0.15) is 5.10 Å². The Bertz CT molecular complexity index is 811. The summed E-state index contributed by atoms with van der Waals surface area (Å²) in [4.78, 5) is 14.8. The van der Waals surface area contributed by atoms with Crippen molar-refractivity contribution in [1.29, 1.82) is 0 Å². The van der Waals surface area contributed by atoms with Gasteiger partial charge < -0.3 is 20.3 Å². The number of rotatable bonds is 8. The Kier molecular flexibility index (Phi) is 6.57. The SMILES string of the molecule is COc1c(CNC(C)CC(=O)Nc2cccc(N3CCCC3)c2)c(C)nn1C. The van der Waals surface area contributed by atoms with Crippen LogP contribution in [0.5, 0.6) is 5.88 Å². The second-order valence-corrected chi connectivity index (χ2v) is 7.48. The molecule has 7 nitrogen and oxygen atoms in total. The molecule has 0 bridgehead atoms. The number of methoxy groups -OCH3 is 1. The van der Waals surface area contributed by atoms with Crippen LogP contribution in [0.25, 0.3) is 0 Å². The van der Waals surface area contributed by atoms with E-state index in [9.17, 15) is 4.79 Å². The quantitative estimate of drug-likeness (QED) is 0.731. The maximum atomic E-state index is 12.5. The van der Waals surface area contributed by atoms with E-state index < -0.39 is 0 Å². The highest BCUT2D eigenvalue weighted by molar-refractivity contribution is 5.91. The zero-order valence-corrected chi connectivity index (χ0v) is 17.3. The summed E-state index contributed by atoms with van der Waals surface area (Å²) in [7, 11) is 3.51. The lowest BCUT2D eigenvalue weighted by molar-refractivity contribution is -0.116. The van der Waals surface area contributed by atoms with E-state index in [0.29, 0.717) is 13.0 Å². The predicted molar refractivity (Wildman–Crippen MR) is 112 cm³/mol. The van der Waals surface area contributed by atoms with Gasteiger partial charge in [-0.15, -0.1) is 0 Å². The number of hydrogen-bond donors (Lipinski definition) is 2. The van der Waals surface area contributed by atoms with Gasteiger partial charge in [-0.3, -0.25) is 4.79 Å². The molecule has 0 spiro atoms. The maximum absolute atomic E-state index is 12.5. The van der Waals surface area contributed by atoms with Crippen LogP contribution < -0.4 is 20.3 Å². The van der Waals surface area contributed by atoms with E-state index >= 15 is 0 Å². The van der Waals surface area contributed by atoms with Gasteiger partial charge in [0, 0.05) is 50.5 Å². The maximum Gasteiger partial charge on any atom is 0.225 e. The molecule has 1 aromatic heterocycles. The lowest BCUT2D eigenvalue weighted by Crippen LogP contribution is -2.30. The van der Waals surface area contributed by atoms with Gasteiger partial charge in [-0.1, -0.05) is 6.07 Å². The number of hydrogen-bond acceptors (Lipinski definition) is 5. The van der Waals surface area contributed by atoms with Gasteiger partial charge in [0.15, 0.2) is 0 Å². The van der Waals surface area contributed by atoms with Crippen LogP contribution in [0.15, 0.2) is 24.3 Å². The fourth-order valence-electron chi connectivity index (χ4n) is 3.73. The van der Waals surface area contributed by atoms with Crippen molar-refractivity contribution in [3.05, 3.63) is 35.5 Å². The van der Waals surface area contributed by atoms with Crippen LogP contribution in [0.3, 0.4) is 0 Å². The average Bonchev–Trinajstić information content (AvgIpc) is 3.28. The van der Waals surface area contributed by atoms with Crippen LogP contribution >= 0.6 is 0 Å². The van der Waals surface area contributed by atoms with Crippen molar-refractivity contribution in [2.45, 2.75) is 45.7 Å². The Morgan fingerprint density at radius 3 is 2.79 bits per heavy atom. The Balaban J connectivity index is 1.51. The number of carbonyl (C=O) groups excluding carboxylic acids is 1. The van der Waals surface area contributed by atoms with Crippen LogP contribution in [-0.2, 0) is 18.4 Å². The van der Waals surface area contributed by atoms with E-state index in [-0.39, 0.29) is 11.9 Å². The van der Waals surface area contributed by atoms with Crippen LogP contribution in [0, 0.1) is 6.92 Å². The highest BCUT2D eigenvalue weighted by Crippen LogP contribution is 2.24. The highest BCUT2D eigenvalue weighted by atomic mass is 16.5. The highest BCUT2D eigenvalue weighted by Gasteiger charge is 2.16. The van der Waals surface area contributed by atoms with Crippen LogP contribution in [-0.4, -0.2) is 41.9 Å². The average molecular weight is 386 g/mol. The fraction of sp³-hybridized carbons (Fsp3) is 0.524. The molecule has 1 aliphatic rings. The number of nitrogens with one attached hydrogen (secondary N) is 2. The largest absolute Gasteiger partial charge is 0.481 e. The third kappa shape index (κ3) is 4.84. The summed E-state index contributed by atoms with van der Waals surface area (Å²) < 4.78 is 7.15. The monoisotopic (exact) mass is 385 g/mol. The Labute approximate surface area is 167 Å². The van der Waals surface area contributed by atoms with Crippen LogP contribution in [0.2, 0.25) is 0 Å². The lowest BCUT2D eigenvalue weighted by atomic mass is 10.2. The lowest BCUT2D eigenvalue weighted by Gasteiger charge is -2.19. The minimum absolute atomic E-state index is 0.00782. The third-order valence-electron chi connectivity index (χ3n) is 5.20. The zero-order chi connectivity index (χ0) is 20.1. The summed E-state index contributed by atoms with van der Waals surface area (Å²) in [6.07, 6.45) is 2.87. The molecule has 2 N–H and O–H groups in total. The van der Waals surface area contributed by atoms with Crippen molar-refractivity contribution in [3.8, 4) is 5.88 Å². The molecule has 2 heterocycles. The number of benzene rings is 1. The molecule has 28 heavy (non-hydrogen) atoms. The Morgan fingerprint density at radius 2 is 2.07 bits per heavy atom. The number of aryl methyl sites for hydroxylation is 2. The molecule has 1 saturated heterocycles. The van der Waals surface area contributed by atoms with Crippen LogP contribution in [0.4, 0.5) is 11.4 Å². The van der Waals surface area contributed by atoms with Crippen molar-refractivity contribution in [1.82, 2.24) is 15.1 Å². The topological polar surface area (TPSA) is 71.4 Å². The molecule has 7 heteroatoms. The summed E-state index contributed by atoms with van der Waals surface area (Å²) in [6, 6.07) is 8.15. The minimum atomic E-state index is 0.00782. The molecule has 1 unspecified atom stereocenters. The van der Waals surface area contributed by atoms with Gasteiger partial charge in [0.05, 0.1) is 18.4 Å². The third-order valence-corrected chi connectivity index (χ3v) is 5.20. The van der Waals surface area contributed by atoms with Crippen molar-refractivity contribution >= 4 is 17.3 Å². The number of aromatic nitrogens is 2. The van der Waals surface area contributed by atoms with Crippen molar-refractivity contribution in [2.75, 3.05) is 30.4 Å². The number of carbonyl (C=O) groups is 1. The van der Waals surface area contributed by atoms with Gasteiger partial charge in [0.2, 0.25) is 11.8 Å². The first-order chi connectivity index (χ1) is 13.5. The Hall–Kier alpha value is -2.54. The standard InChI is InChI=1S/C21H31N5O2/c1-15(22-14-19-16(2)24-25(3)21(19)28-4)12-20(27)23-17-8-7-9-18(13-17)26-10-5-6-11-26/h7-9,13,15,22H,5-6,10-12,14H2,1-4H3,(H,23,27). The first kappa shape index (κ1) is 20.2. The van der Waals surface area contributed by atoms with E-state index in [2.05, 4.69) is 32.8 Å². The zero-order valence-electron chi connectivity index (χ0n) is 17.3. The first-order valence-electron chi connectivity index (χ1n) is 9.92.